The van der Waals surface area contributed by atoms with Crippen LogP contribution < -0.4 is 0 Å². The van der Waals surface area contributed by atoms with E-state index >= 15 is 0 Å². The largest absolute Gasteiger partial charge is 0.460 e. The molecule has 0 aromatic heterocycles. The van der Waals surface area contributed by atoms with Gasteiger partial charge in [-0.2, -0.15) is 0 Å². The Morgan fingerprint density at radius 1 is 1.79 bits per heavy atom. The van der Waals surface area contributed by atoms with Crippen molar-refractivity contribution in [3.8, 4) is 0 Å². The van der Waals surface area contributed by atoms with Crippen LogP contribution in [0.1, 0.15) is 19.8 Å². The van der Waals surface area contributed by atoms with Crippen LogP contribution >= 0.6 is 0 Å². The number of hydrogen-bond acceptors (Lipinski definition) is 4. The van der Waals surface area contributed by atoms with Crippen LogP contribution in [0.25, 0.3) is 0 Å². The average molecular weight is 200 g/mol. The normalized spacial score (nSPS) is 31.4. The molecule has 1 heterocycles. The van der Waals surface area contributed by atoms with Gasteiger partial charge in [0, 0.05) is 13.3 Å². The molecule has 0 aromatic rings. The van der Waals surface area contributed by atoms with Crippen molar-refractivity contribution in [3.63, 3.8) is 0 Å². The maximum absolute atomic E-state index is 10.8. The van der Waals surface area contributed by atoms with Crippen LogP contribution in [0, 0.1) is 0 Å². The van der Waals surface area contributed by atoms with E-state index in [9.17, 15) is 4.79 Å². The van der Waals surface area contributed by atoms with Crippen LogP contribution in [0.15, 0.2) is 12.7 Å². The van der Waals surface area contributed by atoms with Gasteiger partial charge in [-0.1, -0.05) is 6.08 Å². The summed E-state index contributed by atoms with van der Waals surface area (Å²) in [5.74, 6) is -0.314. The van der Waals surface area contributed by atoms with Crippen molar-refractivity contribution in [2.45, 2.75) is 38.1 Å². The number of hydrogen-bond donors (Lipinski definition) is 1. The van der Waals surface area contributed by atoms with Crippen LogP contribution in [-0.2, 0) is 14.3 Å². The number of aliphatic hydroxyl groups excluding tert-OH is 1. The predicted octanol–water partition coefficient (Wildman–Crippen LogP) is 0.644. The molecule has 0 bridgehead atoms. The Hall–Kier alpha value is -0.870. The number of rotatable bonds is 4. The van der Waals surface area contributed by atoms with Gasteiger partial charge >= 0.3 is 5.97 Å². The minimum Gasteiger partial charge on any atom is -0.460 e. The van der Waals surface area contributed by atoms with Gasteiger partial charge in [0.15, 0.2) is 0 Å². The van der Waals surface area contributed by atoms with E-state index in [-0.39, 0.29) is 30.9 Å². The van der Waals surface area contributed by atoms with Gasteiger partial charge in [0.1, 0.15) is 6.10 Å². The average Bonchev–Trinajstić information content (AvgIpc) is 2.48. The van der Waals surface area contributed by atoms with Crippen LogP contribution in [-0.4, -0.2) is 36.0 Å². The van der Waals surface area contributed by atoms with Crippen molar-refractivity contribution < 1.29 is 19.4 Å². The molecule has 1 rings (SSSR count). The summed E-state index contributed by atoms with van der Waals surface area (Å²) in [4.78, 5) is 10.8. The number of ether oxygens (including phenoxy) is 2. The molecule has 4 heteroatoms. The lowest BCUT2D eigenvalue weighted by Gasteiger charge is -2.16. The lowest BCUT2D eigenvalue weighted by Crippen LogP contribution is -2.25. The van der Waals surface area contributed by atoms with Crippen molar-refractivity contribution in [3.05, 3.63) is 12.7 Å². The Bertz CT molecular complexity index is 214. The zero-order valence-corrected chi connectivity index (χ0v) is 8.31. The number of esters is 1. The highest BCUT2D eigenvalue weighted by molar-refractivity contribution is 5.66. The van der Waals surface area contributed by atoms with E-state index in [1.54, 1.807) is 6.08 Å². The Labute approximate surface area is 83.5 Å². The van der Waals surface area contributed by atoms with Gasteiger partial charge in [-0.3, -0.25) is 4.79 Å². The monoisotopic (exact) mass is 200 g/mol. The summed E-state index contributed by atoms with van der Waals surface area (Å²) in [7, 11) is 0. The molecule has 80 valence electrons. The molecule has 1 saturated heterocycles. The Balaban J connectivity index is 2.52. The van der Waals surface area contributed by atoms with E-state index in [0.29, 0.717) is 12.8 Å². The SMILES string of the molecule is C=CC[C@@H]1O[C@@H](CO)C[C@@H]1OC(C)=O. The fourth-order valence-electron chi connectivity index (χ4n) is 1.63. The van der Waals surface area contributed by atoms with Crippen LogP contribution in [0.4, 0.5) is 0 Å². The Kier molecular flexibility index (Phi) is 4.10. The second kappa shape index (κ2) is 5.12. The van der Waals surface area contributed by atoms with E-state index in [1.165, 1.54) is 6.92 Å². The molecule has 0 amide bonds. The summed E-state index contributed by atoms with van der Waals surface area (Å²) < 4.78 is 10.6. The van der Waals surface area contributed by atoms with E-state index in [2.05, 4.69) is 6.58 Å². The molecule has 0 saturated carbocycles. The molecule has 0 radical (unpaired) electrons. The first kappa shape index (κ1) is 11.2. The van der Waals surface area contributed by atoms with Gasteiger partial charge in [-0.25, -0.2) is 0 Å². The molecule has 1 aliphatic rings. The minimum atomic E-state index is -0.314. The van der Waals surface area contributed by atoms with Gasteiger partial charge < -0.3 is 14.6 Å². The smallest absolute Gasteiger partial charge is 0.302 e. The minimum absolute atomic E-state index is 0.0363. The third-order valence-corrected chi connectivity index (χ3v) is 2.20. The number of carbonyl (C=O) groups excluding carboxylic acids is 1. The van der Waals surface area contributed by atoms with Crippen LogP contribution in [0.5, 0.6) is 0 Å². The molecular formula is C10H16O4. The molecule has 0 aromatic carbocycles. The zero-order chi connectivity index (χ0) is 10.6. The zero-order valence-electron chi connectivity index (χ0n) is 8.31. The van der Waals surface area contributed by atoms with E-state index in [1.807, 2.05) is 0 Å². The molecule has 0 spiro atoms. The highest BCUT2D eigenvalue weighted by Crippen LogP contribution is 2.25. The van der Waals surface area contributed by atoms with E-state index in [4.69, 9.17) is 14.6 Å². The Morgan fingerprint density at radius 2 is 2.50 bits per heavy atom. The third-order valence-electron chi connectivity index (χ3n) is 2.20. The lowest BCUT2D eigenvalue weighted by atomic mass is 10.1. The van der Waals surface area contributed by atoms with Crippen molar-refractivity contribution in [1.82, 2.24) is 0 Å². The molecule has 3 atom stereocenters. The molecule has 1 aliphatic heterocycles. The van der Waals surface area contributed by atoms with Crippen molar-refractivity contribution in [2.24, 2.45) is 0 Å². The fraction of sp³-hybridized carbons (Fsp3) is 0.700. The standard InChI is InChI=1S/C10H16O4/c1-3-4-9-10(13-7(2)12)5-8(6-11)14-9/h3,8-11H,1,4-6H2,2H3/t8-,9+,10+/m1/s1. The molecule has 0 unspecified atom stereocenters. The summed E-state index contributed by atoms with van der Waals surface area (Å²) in [5, 5.41) is 8.91. The van der Waals surface area contributed by atoms with Gasteiger partial charge in [-0.05, 0) is 6.42 Å². The van der Waals surface area contributed by atoms with Gasteiger partial charge in [0.2, 0.25) is 0 Å². The fourth-order valence-corrected chi connectivity index (χ4v) is 1.63. The molecule has 14 heavy (non-hydrogen) atoms. The van der Waals surface area contributed by atoms with Crippen molar-refractivity contribution in [2.75, 3.05) is 6.61 Å². The second-order valence-corrected chi connectivity index (χ2v) is 3.39. The van der Waals surface area contributed by atoms with Crippen molar-refractivity contribution in [1.29, 1.82) is 0 Å². The Morgan fingerprint density at radius 3 is 3.00 bits per heavy atom. The van der Waals surface area contributed by atoms with Crippen molar-refractivity contribution >= 4 is 5.97 Å². The maximum atomic E-state index is 10.8. The maximum Gasteiger partial charge on any atom is 0.302 e. The van der Waals surface area contributed by atoms with Gasteiger partial charge in [-0.15, -0.1) is 6.58 Å². The van der Waals surface area contributed by atoms with E-state index < -0.39 is 0 Å². The molecule has 1 fully saturated rings. The highest BCUT2D eigenvalue weighted by Gasteiger charge is 2.36. The van der Waals surface area contributed by atoms with Crippen LogP contribution in [0.2, 0.25) is 0 Å². The quantitative estimate of drug-likeness (QED) is 0.534. The second-order valence-electron chi connectivity index (χ2n) is 3.39. The molecule has 4 nitrogen and oxygen atoms in total. The summed E-state index contributed by atoms with van der Waals surface area (Å²) in [5.41, 5.74) is 0. The highest BCUT2D eigenvalue weighted by atomic mass is 16.6. The third kappa shape index (κ3) is 2.82. The van der Waals surface area contributed by atoms with E-state index in [0.717, 1.165) is 0 Å². The summed E-state index contributed by atoms with van der Waals surface area (Å²) >= 11 is 0. The number of carbonyl (C=O) groups is 1. The first-order chi connectivity index (χ1) is 6.67. The topological polar surface area (TPSA) is 55.8 Å². The molecule has 0 aliphatic carbocycles. The number of aliphatic hydroxyl groups is 1. The lowest BCUT2D eigenvalue weighted by molar-refractivity contribution is -0.149. The van der Waals surface area contributed by atoms with Gasteiger partial charge in [0.05, 0.1) is 18.8 Å². The first-order valence-electron chi connectivity index (χ1n) is 4.71. The molecule has 1 N–H and O–H groups in total. The first-order valence-corrected chi connectivity index (χ1v) is 4.71. The van der Waals surface area contributed by atoms with Gasteiger partial charge in [0.25, 0.3) is 0 Å². The molecular weight excluding hydrogens is 184 g/mol. The summed E-state index contributed by atoms with van der Waals surface area (Å²) in [6, 6.07) is 0. The summed E-state index contributed by atoms with van der Waals surface area (Å²) in [6.45, 7) is 4.94. The predicted molar refractivity (Wildman–Crippen MR) is 50.7 cm³/mol. The summed E-state index contributed by atoms with van der Waals surface area (Å²) in [6.07, 6.45) is 2.30. The van der Waals surface area contributed by atoms with Crippen LogP contribution in [0.3, 0.4) is 0 Å².